The van der Waals surface area contributed by atoms with Gasteiger partial charge in [0, 0.05) is 18.2 Å². The molecule has 2 aromatic rings. The van der Waals surface area contributed by atoms with Gasteiger partial charge in [-0.1, -0.05) is 32.4 Å². The number of allylic oxidation sites excluding steroid dienone is 2. The second kappa shape index (κ2) is 16.4. The summed E-state index contributed by atoms with van der Waals surface area (Å²) >= 11 is 0. The van der Waals surface area contributed by atoms with E-state index in [0.717, 1.165) is 6.07 Å². The number of halogens is 4. The molecule has 3 fully saturated rings. The van der Waals surface area contributed by atoms with Gasteiger partial charge in [0.25, 0.3) is 0 Å². The molecule has 0 unspecified atom stereocenters. The molecule has 1 aromatic heterocycles. The Labute approximate surface area is 346 Å². The fraction of sp³-hybridized carbons (Fsp3) is 0.643. The summed E-state index contributed by atoms with van der Waals surface area (Å²) < 4.78 is 106. The summed E-state index contributed by atoms with van der Waals surface area (Å²) in [6.45, 7) is 6.39. The van der Waals surface area contributed by atoms with Crippen molar-refractivity contribution in [1.29, 1.82) is 0 Å². The number of methoxy groups -OCH3 is 2. The van der Waals surface area contributed by atoms with Crippen molar-refractivity contribution in [2.24, 2.45) is 29.1 Å². The summed E-state index contributed by atoms with van der Waals surface area (Å²) in [6, 6.07) is 1.29. The number of amides is 2. The van der Waals surface area contributed by atoms with Crippen LogP contribution >= 0.6 is 0 Å². The van der Waals surface area contributed by atoms with Crippen LogP contribution in [0.4, 0.5) is 17.6 Å². The molecule has 2 aliphatic heterocycles. The zero-order valence-corrected chi connectivity index (χ0v) is 35.6. The van der Waals surface area contributed by atoms with E-state index in [0.29, 0.717) is 51.3 Å². The number of esters is 1. The normalized spacial score (nSPS) is 29.0. The molecule has 0 spiro atoms. The number of sulfonamides is 1. The van der Waals surface area contributed by atoms with E-state index in [2.05, 4.69) is 9.71 Å². The Hall–Kier alpha value is -4.48. The van der Waals surface area contributed by atoms with E-state index < -0.39 is 104 Å². The van der Waals surface area contributed by atoms with Crippen LogP contribution in [0.25, 0.3) is 10.8 Å². The largest absolute Gasteiger partial charge is 0.494 e. The smallest absolute Gasteiger partial charge is 0.427 e. The molecule has 2 saturated carbocycles. The van der Waals surface area contributed by atoms with Gasteiger partial charge >= 0.3 is 12.1 Å². The van der Waals surface area contributed by atoms with E-state index in [1.807, 2.05) is 19.1 Å². The lowest BCUT2D eigenvalue weighted by Crippen LogP contribution is -2.48. The first-order valence-electron chi connectivity index (χ1n) is 20.2. The minimum Gasteiger partial charge on any atom is -0.494 e. The number of aromatic nitrogens is 1. The minimum atomic E-state index is -4.90. The highest BCUT2D eigenvalue weighted by molar-refractivity contribution is 7.91. The Kier molecular flexibility index (Phi) is 12.3. The number of nitrogens with one attached hydrogen (secondary N) is 1. The van der Waals surface area contributed by atoms with Crippen molar-refractivity contribution in [2.45, 2.75) is 121 Å². The minimum absolute atomic E-state index is 0.0153. The summed E-state index contributed by atoms with van der Waals surface area (Å²) in [5, 5.41) is 0.583. The van der Waals surface area contributed by atoms with E-state index in [1.165, 1.54) is 31.4 Å². The Balaban J connectivity index is 1.37. The van der Waals surface area contributed by atoms with Crippen LogP contribution in [0, 0.1) is 34.9 Å². The van der Waals surface area contributed by atoms with Crippen LogP contribution in [0.3, 0.4) is 0 Å². The molecular formula is C42H53F4N3O10S. The number of fused-ring (bicyclic) bond motifs is 3. The number of carbonyl (C=O) groups excluding carboxylic acids is 4. The molecule has 2 aliphatic carbocycles. The maximum atomic E-state index is 15.1. The molecule has 60 heavy (non-hydrogen) atoms. The molecule has 7 atom stereocenters. The van der Waals surface area contributed by atoms with Gasteiger partial charge in [-0.05, 0) is 82.8 Å². The molecule has 4 aliphatic rings. The van der Waals surface area contributed by atoms with Gasteiger partial charge < -0.3 is 23.8 Å². The number of ketones is 1. The van der Waals surface area contributed by atoms with Crippen molar-refractivity contribution in [1.82, 2.24) is 14.6 Å². The zero-order chi connectivity index (χ0) is 44.2. The number of pyridine rings is 1. The van der Waals surface area contributed by atoms with Gasteiger partial charge in [-0.2, -0.15) is 13.2 Å². The van der Waals surface area contributed by atoms with Gasteiger partial charge in [-0.25, -0.2) is 17.8 Å². The van der Waals surface area contributed by atoms with E-state index in [1.54, 1.807) is 13.8 Å². The highest BCUT2D eigenvalue weighted by atomic mass is 32.2. The number of hydrogen-bond acceptors (Lipinski definition) is 11. The van der Waals surface area contributed by atoms with Crippen molar-refractivity contribution in [3.05, 3.63) is 36.3 Å². The Morgan fingerprint density at radius 3 is 2.33 bits per heavy atom. The summed E-state index contributed by atoms with van der Waals surface area (Å²) in [5.41, 5.74) is -4.29. The number of benzene rings is 1. The second-order valence-corrected chi connectivity index (χ2v) is 19.9. The standard InChI is InChI=1S/C42H53F4N3O10S/c1-23-9-8-10-24(2)27(18-35(51)59-39(3,4)42(44,45)46)37(52)49-22-26(58-36-29-16-30(43)33(56-6)17-28(29)34(57-7)21-47-36)15-31(49)32(50)20-41(19-25(41)12-11-23)38(53)48-60(54,55)40(5)13-14-40/h11-12,16-17,21,23-27,31H,8-10,13-15,18-20,22H2,1-7H3,(H,48,53)/b12-11-/t23-,24+,25+,26+,27-,31-,41+/m0/s1. The molecule has 0 radical (unpaired) electrons. The molecule has 1 saturated heterocycles. The molecule has 1 N–H and O–H groups in total. The van der Waals surface area contributed by atoms with E-state index >= 15 is 4.39 Å². The van der Waals surface area contributed by atoms with Crippen LogP contribution in [0.1, 0.15) is 92.4 Å². The average molecular weight is 868 g/mol. The SMILES string of the molecule is COc1cc2c(OC)cnc(O[C@@H]3C[C@H]4C(=O)C[C@]5(C(=O)NS(=O)(=O)C6(C)CC6)C[C@H]5/C=C\[C@@H](C)CCC[C@@H](C)[C@H](CC(=O)OC(C)(C)C(F)(F)F)C(=O)N4C3)c2cc1F. The molecule has 13 nitrogen and oxygen atoms in total. The summed E-state index contributed by atoms with van der Waals surface area (Å²) in [5.74, 6) is -6.18. The van der Waals surface area contributed by atoms with Gasteiger partial charge in [0.05, 0.1) is 60.9 Å². The first-order valence-corrected chi connectivity index (χ1v) is 21.7. The lowest BCUT2D eigenvalue weighted by atomic mass is 9.84. The fourth-order valence-corrected chi connectivity index (χ4v) is 9.57. The monoisotopic (exact) mass is 867 g/mol. The molecule has 0 bridgehead atoms. The third-order valence-corrected chi connectivity index (χ3v) is 15.0. The van der Waals surface area contributed by atoms with Crippen LogP contribution < -0.4 is 18.9 Å². The summed E-state index contributed by atoms with van der Waals surface area (Å²) in [4.78, 5) is 62.3. The van der Waals surface area contributed by atoms with Gasteiger partial charge in [-0.3, -0.25) is 23.9 Å². The van der Waals surface area contributed by atoms with Crippen LogP contribution in [0.2, 0.25) is 0 Å². The lowest BCUT2D eigenvalue weighted by molar-refractivity contribution is -0.257. The third-order valence-electron chi connectivity index (χ3n) is 12.8. The van der Waals surface area contributed by atoms with E-state index in [4.69, 9.17) is 18.9 Å². The van der Waals surface area contributed by atoms with Gasteiger partial charge in [0.1, 0.15) is 11.9 Å². The Morgan fingerprint density at radius 1 is 1.02 bits per heavy atom. The second-order valence-electron chi connectivity index (χ2n) is 17.7. The predicted molar refractivity (Wildman–Crippen MR) is 210 cm³/mol. The number of alkyl halides is 3. The van der Waals surface area contributed by atoms with Crippen LogP contribution in [-0.4, -0.2) is 91.3 Å². The van der Waals surface area contributed by atoms with Crippen molar-refractivity contribution >= 4 is 44.4 Å². The zero-order valence-electron chi connectivity index (χ0n) is 34.8. The van der Waals surface area contributed by atoms with Crippen molar-refractivity contribution in [2.75, 3.05) is 20.8 Å². The van der Waals surface area contributed by atoms with Crippen molar-refractivity contribution in [3.63, 3.8) is 0 Å². The third kappa shape index (κ3) is 8.94. The summed E-state index contributed by atoms with van der Waals surface area (Å²) in [6.07, 6.45) is 0.491. The number of nitrogens with zero attached hydrogens (tertiary/aromatic N) is 2. The highest BCUT2D eigenvalue weighted by Gasteiger charge is 2.63. The van der Waals surface area contributed by atoms with E-state index in [9.17, 15) is 40.8 Å². The molecule has 18 heteroatoms. The lowest BCUT2D eigenvalue weighted by Gasteiger charge is -2.32. The Bertz CT molecular complexity index is 2180. The number of rotatable bonds is 10. The highest BCUT2D eigenvalue weighted by Crippen LogP contribution is 2.58. The molecule has 2 amide bonds. The number of carbonyl (C=O) groups is 4. The van der Waals surface area contributed by atoms with Crippen LogP contribution in [0.5, 0.6) is 17.4 Å². The van der Waals surface area contributed by atoms with E-state index in [-0.39, 0.29) is 48.1 Å². The predicted octanol–water partition coefficient (Wildman–Crippen LogP) is 6.61. The molecule has 330 valence electrons. The summed E-state index contributed by atoms with van der Waals surface area (Å²) in [7, 11) is -1.37. The molecule has 6 rings (SSSR count). The first kappa shape index (κ1) is 45.1. The van der Waals surface area contributed by atoms with Crippen molar-refractivity contribution < 1.29 is 64.1 Å². The number of Topliss-reactive ketones (excluding diaryl/α,β-unsaturated/α-hetero) is 1. The van der Waals surface area contributed by atoms with Crippen LogP contribution in [-0.2, 0) is 33.9 Å². The Morgan fingerprint density at radius 2 is 1.70 bits per heavy atom. The maximum absolute atomic E-state index is 15.1. The number of hydrogen-bond donors (Lipinski definition) is 1. The van der Waals surface area contributed by atoms with Crippen molar-refractivity contribution in [3.8, 4) is 17.4 Å². The quantitative estimate of drug-likeness (QED) is 0.155. The first-order chi connectivity index (χ1) is 28.0. The molecular weight excluding hydrogens is 815 g/mol. The van der Waals surface area contributed by atoms with Gasteiger partial charge in [0.2, 0.25) is 33.3 Å². The van der Waals surface area contributed by atoms with Gasteiger partial charge in [-0.15, -0.1) is 0 Å². The van der Waals surface area contributed by atoms with Crippen LogP contribution in [0.15, 0.2) is 30.5 Å². The van der Waals surface area contributed by atoms with Gasteiger partial charge in [0.15, 0.2) is 17.3 Å². The number of ether oxygens (including phenoxy) is 4. The fourth-order valence-electron chi connectivity index (χ4n) is 8.24. The molecule has 1 aromatic carbocycles. The maximum Gasteiger partial charge on any atom is 0.427 e. The topological polar surface area (TPSA) is 167 Å². The average Bonchev–Trinajstić information content (AvgIpc) is 4.05. The molecule has 3 heterocycles.